The molecule has 7 nitrogen and oxygen atoms in total. The first-order chi connectivity index (χ1) is 14.9. The highest BCUT2D eigenvalue weighted by atomic mass is 35.5. The van der Waals surface area contributed by atoms with Gasteiger partial charge < -0.3 is 10.2 Å². The van der Waals surface area contributed by atoms with Crippen molar-refractivity contribution >= 4 is 40.8 Å². The normalized spacial score (nSPS) is 19.5. The van der Waals surface area contributed by atoms with Gasteiger partial charge in [0, 0.05) is 22.8 Å². The van der Waals surface area contributed by atoms with Crippen molar-refractivity contribution in [3.05, 3.63) is 109 Å². The number of aromatic nitrogens is 1. The Morgan fingerprint density at radius 2 is 1.58 bits per heavy atom. The third kappa shape index (κ3) is 4.90. The highest BCUT2D eigenvalue weighted by molar-refractivity contribution is 6.30. The Bertz CT molecular complexity index is 1110. The number of guanidine groups is 1. The number of hydrogen-bond acceptors (Lipinski definition) is 3. The van der Waals surface area contributed by atoms with E-state index in [0.29, 0.717) is 21.7 Å². The Kier molecular flexibility index (Phi) is 6.27. The Hall–Kier alpha value is -2.87. The van der Waals surface area contributed by atoms with Crippen LogP contribution in [-0.4, -0.2) is 20.9 Å². The third-order valence-corrected chi connectivity index (χ3v) is 5.69. The number of hydrogen-bond donors (Lipinski definition) is 1. The van der Waals surface area contributed by atoms with E-state index in [9.17, 15) is 10.1 Å². The van der Waals surface area contributed by atoms with Crippen LogP contribution in [0.15, 0.2) is 72.0 Å². The monoisotopic (exact) mass is 475 g/mol. The predicted molar refractivity (Wildman–Crippen MR) is 121 cm³/mol. The SMILES string of the molecule is O=[N+]([O-])N=C1N[C@@H](c2ccc(Cl)cc2)[C@H](c2ccc(Cl)cc2)N1Cc1ccc(Cl)nc1. The van der Waals surface area contributed by atoms with Crippen LogP contribution < -0.4 is 5.32 Å². The Morgan fingerprint density at radius 1 is 0.968 bits per heavy atom. The summed E-state index contributed by atoms with van der Waals surface area (Å²) in [6.07, 6.45) is 1.64. The van der Waals surface area contributed by atoms with Gasteiger partial charge in [-0.1, -0.05) is 65.1 Å². The molecule has 0 saturated carbocycles. The van der Waals surface area contributed by atoms with Gasteiger partial charge in [-0.25, -0.2) is 15.1 Å². The standard InChI is InChI=1S/C21H16Cl3N5O2/c22-16-6-2-14(3-7-16)19-20(15-4-8-17(23)9-5-15)28(21(26-19)27-29(30)31)12-13-1-10-18(24)25-11-13/h1-11,19-20H,12H2,(H,26,27)/t19-,20-/m0/s1. The maximum atomic E-state index is 11.3. The lowest BCUT2D eigenvalue weighted by Gasteiger charge is -2.28. The van der Waals surface area contributed by atoms with Gasteiger partial charge in [-0.15, -0.1) is 0 Å². The van der Waals surface area contributed by atoms with Gasteiger partial charge >= 0.3 is 0 Å². The lowest BCUT2D eigenvalue weighted by Crippen LogP contribution is -2.32. The fraction of sp³-hybridized carbons (Fsp3) is 0.143. The highest BCUT2D eigenvalue weighted by Gasteiger charge is 2.41. The molecule has 0 amide bonds. The van der Waals surface area contributed by atoms with E-state index in [2.05, 4.69) is 15.4 Å². The zero-order valence-corrected chi connectivity index (χ0v) is 18.2. The second kappa shape index (κ2) is 9.09. The summed E-state index contributed by atoms with van der Waals surface area (Å²) in [6.45, 7) is 0.335. The number of nitro groups is 1. The zero-order chi connectivity index (χ0) is 22.0. The van der Waals surface area contributed by atoms with Gasteiger partial charge in [0.15, 0.2) is 5.03 Å². The smallest absolute Gasteiger partial charge is 0.272 e. The van der Waals surface area contributed by atoms with E-state index < -0.39 is 5.03 Å². The molecule has 10 heteroatoms. The van der Waals surface area contributed by atoms with Crippen LogP contribution in [0.2, 0.25) is 15.2 Å². The molecule has 0 radical (unpaired) electrons. The highest BCUT2D eigenvalue weighted by Crippen LogP contribution is 2.40. The second-order valence-corrected chi connectivity index (χ2v) is 8.21. The first-order valence-corrected chi connectivity index (χ1v) is 10.4. The largest absolute Gasteiger partial charge is 0.342 e. The van der Waals surface area contributed by atoms with Gasteiger partial charge in [-0.3, -0.25) is 0 Å². The first kappa shape index (κ1) is 21.4. The number of halogens is 3. The minimum Gasteiger partial charge on any atom is -0.342 e. The van der Waals surface area contributed by atoms with Crippen molar-refractivity contribution < 1.29 is 5.03 Å². The van der Waals surface area contributed by atoms with Crippen LogP contribution in [0.5, 0.6) is 0 Å². The molecule has 3 aromatic rings. The molecule has 0 spiro atoms. The van der Waals surface area contributed by atoms with Gasteiger partial charge in [0.05, 0.1) is 12.1 Å². The van der Waals surface area contributed by atoms with Gasteiger partial charge in [0.25, 0.3) is 5.96 Å². The Labute approximate surface area is 193 Å². The molecule has 1 aliphatic rings. The molecule has 1 N–H and O–H groups in total. The van der Waals surface area contributed by atoms with E-state index >= 15 is 0 Å². The second-order valence-electron chi connectivity index (χ2n) is 6.95. The number of hydrazone groups is 1. The van der Waals surface area contributed by atoms with Crippen molar-refractivity contribution in [2.45, 2.75) is 18.6 Å². The molecule has 1 aromatic heterocycles. The summed E-state index contributed by atoms with van der Waals surface area (Å²) in [4.78, 5) is 17.2. The predicted octanol–water partition coefficient (Wildman–Crippen LogP) is 5.48. The molecule has 0 bridgehead atoms. The minimum atomic E-state index is -0.710. The molecule has 158 valence electrons. The molecule has 1 saturated heterocycles. The van der Waals surface area contributed by atoms with Crippen molar-refractivity contribution in [1.29, 1.82) is 0 Å². The van der Waals surface area contributed by atoms with Crippen LogP contribution in [0, 0.1) is 10.1 Å². The zero-order valence-electron chi connectivity index (χ0n) is 16.0. The number of rotatable bonds is 5. The molecule has 2 atom stereocenters. The summed E-state index contributed by atoms with van der Waals surface area (Å²) in [7, 11) is 0. The topological polar surface area (TPSA) is 83.7 Å². The molecule has 0 aliphatic carbocycles. The Balaban J connectivity index is 1.81. The summed E-state index contributed by atoms with van der Waals surface area (Å²) in [5.41, 5.74) is 2.67. The third-order valence-electron chi connectivity index (χ3n) is 4.97. The summed E-state index contributed by atoms with van der Waals surface area (Å²) < 4.78 is 0. The van der Waals surface area contributed by atoms with Crippen molar-refractivity contribution in [3.63, 3.8) is 0 Å². The first-order valence-electron chi connectivity index (χ1n) is 9.28. The van der Waals surface area contributed by atoms with E-state index in [4.69, 9.17) is 34.8 Å². The number of pyridine rings is 1. The average Bonchev–Trinajstić information content (AvgIpc) is 3.08. The summed E-state index contributed by atoms with van der Waals surface area (Å²) in [6, 6.07) is 17.6. The number of nitrogens with zero attached hydrogens (tertiary/aromatic N) is 4. The summed E-state index contributed by atoms with van der Waals surface area (Å²) in [5.74, 6) is 0.153. The van der Waals surface area contributed by atoms with Crippen LogP contribution in [0.1, 0.15) is 28.8 Å². The maximum Gasteiger partial charge on any atom is 0.272 e. The molecule has 2 heterocycles. The van der Waals surface area contributed by atoms with Crippen LogP contribution >= 0.6 is 34.8 Å². The van der Waals surface area contributed by atoms with Crippen molar-refractivity contribution in [3.8, 4) is 0 Å². The number of benzene rings is 2. The summed E-state index contributed by atoms with van der Waals surface area (Å²) in [5, 5.41) is 19.0. The lowest BCUT2D eigenvalue weighted by atomic mass is 9.94. The average molecular weight is 477 g/mol. The van der Waals surface area contributed by atoms with Gasteiger partial charge in [0.2, 0.25) is 0 Å². The van der Waals surface area contributed by atoms with E-state index in [1.807, 2.05) is 35.2 Å². The molecule has 1 fully saturated rings. The van der Waals surface area contributed by atoms with Crippen molar-refractivity contribution in [1.82, 2.24) is 15.2 Å². The quantitative estimate of drug-likeness (QED) is 0.299. The van der Waals surface area contributed by atoms with Crippen LogP contribution in [0.25, 0.3) is 0 Å². The minimum absolute atomic E-state index is 0.153. The molecular weight excluding hydrogens is 461 g/mol. The van der Waals surface area contributed by atoms with Gasteiger partial charge in [-0.05, 0) is 47.0 Å². The van der Waals surface area contributed by atoms with Gasteiger partial charge in [0.1, 0.15) is 10.3 Å². The van der Waals surface area contributed by atoms with Crippen LogP contribution in [0.3, 0.4) is 0 Å². The van der Waals surface area contributed by atoms with E-state index in [1.54, 1.807) is 36.5 Å². The fourth-order valence-electron chi connectivity index (χ4n) is 3.61. The number of nitrogens with one attached hydrogen (secondary N) is 1. The van der Waals surface area contributed by atoms with Crippen LogP contribution in [-0.2, 0) is 6.54 Å². The fourth-order valence-corrected chi connectivity index (χ4v) is 3.98. The molecule has 0 unspecified atom stereocenters. The van der Waals surface area contributed by atoms with Crippen LogP contribution in [0.4, 0.5) is 0 Å². The van der Waals surface area contributed by atoms with Gasteiger partial charge in [-0.2, -0.15) is 0 Å². The molecular formula is C21H16Cl3N5O2. The molecule has 4 rings (SSSR count). The van der Waals surface area contributed by atoms with E-state index in [0.717, 1.165) is 16.7 Å². The van der Waals surface area contributed by atoms with E-state index in [-0.39, 0.29) is 18.0 Å². The molecule has 1 aliphatic heterocycles. The van der Waals surface area contributed by atoms with Crippen molar-refractivity contribution in [2.75, 3.05) is 0 Å². The summed E-state index contributed by atoms with van der Waals surface area (Å²) >= 11 is 18.1. The maximum absolute atomic E-state index is 11.3. The Morgan fingerprint density at radius 3 is 2.13 bits per heavy atom. The molecule has 2 aromatic carbocycles. The molecule has 31 heavy (non-hydrogen) atoms. The lowest BCUT2D eigenvalue weighted by molar-refractivity contribution is -0.485. The van der Waals surface area contributed by atoms with E-state index in [1.165, 1.54) is 0 Å². The van der Waals surface area contributed by atoms with Crippen molar-refractivity contribution in [2.24, 2.45) is 5.10 Å².